The van der Waals surface area contributed by atoms with Gasteiger partial charge in [0, 0.05) is 30.1 Å². The molecule has 0 amide bonds. The van der Waals surface area contributed by atoms with E-state index < -0.39 is 0 Å². The van der Waals surface area contributed by atoms with Gasteiger partial charge in [0.15, 0.2) is 4.34 Å². The number of hydrogen-bond acceptors (Lipinski definition) is 5. The number of rotatable bonds is 4. The molecule has 2 aromatic rings. The van der Waals surface area contributed by atoms with Gasteiger partial charge in [-0.15, -0.1) is 11.3 Å². The molecule has 0 aliphatic heterocycles. The Morgan fingerprint density at radius 3 is 2.83 bits per heavy atom. The van der Waals surface area contributed by atoms with Gasteiger partial charge in [0.25, 0.3) is 0 Å². The molecule has 0 saturated carbocycles. The third kappa shape index (κ3) is 5.74. The molecule has 1 aromatic carbocycles. The highest BCUT2D eigenvalue weighted by Crippen LogP contribution is 2.41. The van der Waals surface area contributed by atoms with Gasteiger partial charge in [0.1, 0.15) is 6.10 Å². The van der Waals surface area contributed by atoms with Crippen LogP contribution >= 0.6 is 23.1 Å². The summed E-state index contributed by atoms with van der Waals surface area (Å²) in [6.07, 6.45) is 3.69. The Labute approximate surface area is 181 Å². The number of fused-ring (bicyclic) bond motifs is 1. The van der Waals surface area contributed by atoms with Crippen molar-refractivity contribution < 1.29 is 9.53 Å². The minimum atomic E-state index is -0.211. The molecule has 1 heterocycles. The van der Waals surface area contributed by atoms with Crippen LogP contribution < -0.4 is 0 Å². The second kappa shape index (κ2) is 9.19. The number of carbonyl (C=O) groups is 1. The molecular weight excluding hydrogens is 398 g/mol. The zero-order chi connectivity index (χ0) is 21.0. The fraction of sp³-hybridized carbons (Fsp3) is 0.417. The van der Waals surface area contributed by atoms with E-state index in [0.717, 1.165) is 34.0 Å². The van der Waals surface area contributed by atoms with Gasteiger partial charge >= 0.3 is 5.97 Å². The minimum absolute atomic E-state index is 0.0464. The SMILES string of the molecule is CC(=O)O[C@@H]1CC(C)=C(C#C/C(C)=C/CSc2nc3ccccc3s2)C(C)(C)C1. The van der Waals surface area contributed by atoms with Crippen molar-refractivity contribution in [2.24, 2.45) is 5.41 Å². The average Bonchev–Trinajstić information content (AvgIpc) is 3.02. The maximum Gasteiger partial charge on any atom is 0.302 e. The summed E-state index contributed by atoms with van der Waals surface area (Å²) in [5.41, 5.74) is 4.43. The Morgan fingerprint density at radius 1 is 1.38 bits per heavy atom. The Balaban J connectivity index is 1.65. The first-order valence-corrected chi connectivity index (χ1v) is 11.6. The van der Waals surface area contributed by atoms with Gasteiger partial charge in [-0.1, -0.05) is 61.2 Å². The lowest BCUT2D eigenvalue weighted by Gasteiger charge is -2.36. The van der Waals surface area contributed by atoms with E-state index in [1.165, 1.54) is 22.8 Å². The number of esters is 1. The summed E-state index contributed by atoms with van der Waals surface area (Å²) in [7, 11) is 0. The number of allylic oxidation sites excluding steroid dienone is 2. The summed E-state index contributed by atoms with van der Waals surface area (Å²) in [6, 6.07) is 8.23. The molecule has 0 bridgehead atoms. The first-order valence-electron chi connectivity index (χ1n) is 9.79. The smallest absolute Gasteiger partial charge is 0.302 e. The van der Waals surface area contributed by atoms with Crippen LogP contribution in [0.2, 0.25) is 0 Å². The highest BCUT2D eigenvalue weighted by molar-refractivity contribution is 8.01. The molecule has 1 aliphatic rings. The molecule has 1 atom stereocenters. The maximum atomic E-state index is 11.3. The molecular formula is C24H27NO2S2. The van der Waals surface area contributed by atoms with Crippen LogP contribution in [0.15, 0.2) is 51.4 Å². The van der Waals surface area contributed by atoms with Crippen molar-refractivity contribution >= 4 is 39.3 Å². The maximum absolute atomic E-state index is 11.3. The van der Waals surface area contributed by atoms with Crippen molar-refractivity contribution in [3.05, 3.63) is 47.1 Å². The summed E-state index contributed by atoms with van der Waals surface area (Å²) >= 11 is 3.48. The van der Waals surface area contributed by atoms with E-state index in [4.69, 9.17) is 4.74 Å². The van der Waals surface area contributed by atoms with E-state index >= 15 is 0 Å². The summed E-state index contributed by atoms with van der Waals surface area (Å²) < 4.78 is 7.76. The van der Waals surface area contributed by atoms with Crippen LogP contribution in [0.5, 0.6) is 0 Å². The van der Waals surface area contributed by atoms with Gasteiger partial charge in [-0.2, -0.15) is 0 Å². The van der Waals surface area contributed by atoms with Gasteiger partial charge < -0.3 is 4.74 Å². The average molecular weight is 426 g/mol. The van der Waals surface area contributed by atoms with Gasteiger partial charge in [0.2, 0.25) is 0 Å². The number of aromatic nitrogens is 1. The number of thioether (sulfide) groups is 1. The van der Waals surface area contributed by atoms with Gasteiger partial charge in [-0.3, -0.25) is 4.79 Å². The number of carbonyl (C=O) groups excluding carboxylic acids is 1. The Morgan fingerprint density at radius 2 is 2.14 bits per heavy atom. The van der Waals surface area contributed by atoms with Gasteiger partial charge in [-0.05, 0) is 38.0 Å². The van der Waals surface area contributed by atoms with Gasteiger partial charge in [-0.25, -0.2) is 4.98 Å². The lowest BCUT2D eigenvalue weighted by atomic mass is 9.72. The van der Waals surface area contributed by atoms with Crippen molar-refractivity contribution in [1.29, 1.82) is 0 Å². The third-order valence-electron chi connectivity index (χ3n) is 4.96. The van der Waals surface area contributed by atoms with Crippen molar-refractivity contribution in [2.75, 3.05) is 5.75 Å². The van der Waals surface area contributed by atoms with Crippen LogP contribution in [0.25, 0.3) is 10.2 Å². The number of thiazole rings is 1. The fourth-order valence-electron chi connectivity index (χ4n) is 3.72. The van der Waals surface area contributed by atoms with Crippen LogP contribution in [0, 0.1) is 17.3 Å². The van der Waals surface area contributed by atoms with E-state index in [9.17, 15) is 4.79 Å². The predicted molar refractivity (Wildman–Crippen MR) is 123 cm³/mol. The van der Waals surface area contributed by atoms with Gasteiger partial charge in [0.05, 0.1) is 10.2 Å². The van der Waals surface area contributed by atoms with Crippen molar-refractivity contribution in [1.82, 2.24) is 4.98 Å². The molecule has 152 valence electrons. The number of ether oxygens (including phenoxy) is 1. The molecule has 0 radical (unpaired) electrons. The molecule has 5 heteroatoms. The molecule has 0 fully saturated rings. The van der Waals surface area contributed by atoms with Crippen LogP contribution in [0.3, 0.4) is 0 Å². The number of benzene rings is 1. The van der Waals surface area contributed by atoms with Crippen LogP contribution in [-0.4, -0.2) is 22.8 Å². The molecule has 1 aromatic heterocycles. The molecule has 0 unspecified atom stereocenters. The summed E-state index contributed by atoms with van der Waals surface area (Å²) in [5.74, 6) is 7.37. The Kier molecular flexibility index (Phi) is 6.87. The highest BCUT2D eigenvalue weighted by Gasteiger charge is 2.34. The summed E-state index contributed by atoms with van der Waals surface area (Å²) in [5, 5.41) is 0. The fourth-order valence-corrected chi connectivity index (χ4v) is 5.77. The summed E-state index contributed by atoms with van der Waals surface area (Å²) in [4.78, 5) is 16.0. The highest BCUT2D eigenvalue weighted by atomic mass is 32.2. The lowest BCUT2D eigenvalue weighted by Crippen LogP contribution is -2.31. The predicted octanol–water partition coefficient (Wildman–Crippen LogP) is 6.41. The zero-order valence-corrected chi connectivity index (χ0v) is 19.3. The van der Waals surface area contributed by atoms with Crippen LogP contribution in [0.4, 0.5) is 0 Å². The topological polar surface area (TPSA) is 39.2 Å². The third-order valence-corrected chi connectivity index (χ3v) is 7.07. The van der Waals surface area contributed by atoms with E-state index in [2.05, 4.69) is 62.7 Å². The molecule has 3 rings (SSSR count). The monoisotopic (exact) mass is 425 g/mol. The second-order valence-corrected chi connectivity index (χ2v) is 10.4. The normalized spacial score (nSPS) is 19.1. The molecule has 29 heavy (non-hydrogen) atoms. The molecule has 0 saturated heterocycles. The van der Waals surface area contributed by atoms with Crippen molar-refractivity contribution in [3.63, 3.8) is 0 Å². The lowest BCUT2D eigenvalue weighted by molar-refractivity contribution is -0.147. The van der Waals surface area contributed by atoms with E-state index in [1.54, 1.807) is 23.1 Å². The first-order chi connectivity index (χ1) is 13.7. The molecule has 3 nitrogen and oxygen atoms in total. The van der Waals surface area contributed by atoms with E-state index in [1.807, 2.05) is 12.1 Å². The Bertz CT molecular complexity index is 1000. The van der Waals surface area contributed by atoms with E-state index in [0.29, 0.717) is 0 Å². The summed E-state index contributed by atoms with van der Waals surface area (Å²) in [6.45, 7) is 9.99. The minimum Gasteiger partial charge on any atom is -0.462 e. The zero-order valence-electron chi connectivity index (χ0n) is 17.7. The molecule has 0 N–H and O–H groups in total. The number of hydrogen-bond donors (Lipinski definition) is 0. The molecule has 1 aliphatic carbocycles. The van der Waals surface area contributed by atoms with Crippen molar-refractivity contribution in [3.8, 4) is 11.8 Å². The number of para-hydroxylation sites is 1. The first kappa shape index (κ1) is 21.7. The molecule has 0 spiro atoms. The quantitative estimate of drug-likeness (QED) is 0.322. The van der Waals surface area contributed by atoms with Crippen LogP contribution in [-0.2, 0) is 9.53 Å². The second-order valence-electron chi connectivity index (χ2n) is 8.07. The van der Waals surface area contributed by atoms with Crippen molar-refractivity contribution in [2.45, 2.75) is 57.9 Å². The largest absolute Gasteiger partial charge is 0.462 e. The number of nitrogens with zero attached hydrogens (tertiary/aromatic N) is 1. The Hall–Kier alpha value is -2.03. The standard InChI is InChI=1S/C24H27NO2S2/c1-16(12-13-28-23-25-21-8-6-7-9-22(21)29-23)10-11-20-17(2)14-19(27-18(3)26)15-24(20,4)5/h6-9,12,19H,13-15H2,1-5H3/b16-12+/t19-/m1/s1. The van der Waals surface area contributed by atoms with Crippen LogP contribution in [0.1, 0.15) is 47.5 Å². The van der Waals surface area contributed by atoms with E-state index in [-0.39, 0.29) is 17.5 Å².